The van der Waals surface area contributed by atoms with Gasteiger partial charge in [0.1, 0.15) is 0 Å². The third-order valence-corrected chi connectivity index (χ3v) is 12.9. The molecule has 0 spiro atoms. The van der Waals surface area contributed by atoms with Gasteiger partial charge in [-0.15, -0.1) is 0 Å². The Balaban J connectivity index is 1.66. The van der Waals surface area contributed by atoms with E-state index in [4.69, 9.17) is 27.9 Å². The van der Waals surface area contributed by atoms with E-state index in [0.717, 1.165) is 15.9 Å². The summed E-state index contributed by atoms with van der Waals surface area (Å²) in [6, 6.07) is -0.423. The number of allylic oxidation sites excluding steroid dienone is 1. The van der Waals surface area contributed by atoms with Crippen LogP contribution in [0.1, 0.15) is 38.5 Å². The van der Waals surface area contributed by atoms with Crippen LogP contribution in [0, 0.1) is 23.7 Å². The normalized spacial score (nSPS) is 33.8. The maximum atomic E-state index is 14.0. The molecule has 4 unspecified atom stereocenters. The fraction of sp³-hybridized carbons (Fsp3) is 0.808. The molecule has 3 aliphatic heterocycles. The second-order valence-corrected chi connectivity index (χ2v) is 14.6. The number of likely N-dealkylation sites (tertiary alicyclic amines) is 2. The van der Waals surface area contributed by atoms with E-state index in [0.29, 0.717) is 56.2 Å². The van der Waals surface area contributed by atoms with Gasteiger partial charge in [-0.05, 0) is 0 Å². The van der Waals surface area contributed by atoms with Crippen LogP contribution in [0.25, 0.3) is 0 Å². The second-order valence-electron chi connectivity index (χ2n) is 11.2. The molecule has 0 radical (unpaired) electrons. The number of piperidine rings is 1. The maximum absolute atomic E-state index is 14.0. The van der Waals surface area contributed by atoms with Crippen molar-refractivity contribution in [3.05, 3.63) is 11.4 Å². The number of nitrogens with two attached hydrogens (primary N) is 2. The third-order valence-electron chi connectivity index (χ3n) is 8.83. The van der Waals surface area contributed by atoms with Gasteiger partial charge in [-0.1, -0.05) is 0 Å². The van der Waals surface area contributed by atoms with Gasteiger partial charge in [0.15, 0.2) is 0 Å². The first-order chi connectivity index (χ1) is 19.0. The summed E-state index contributed by atoms with van der Waals surface area (Å²) in [6.07, 6.45) is 0.207. The van der Waals surface area contributed by atoms with Gasteiger partial charge in [-0.3, -0.25) is 0 Å². The number of carboxylic acids is 1. The van der Waals surface area contributed by atoms with Gasteiger partial charge in [0, 0.05) is 0 Å². The number of hydrogen-bond acceptors (Lipinski definition) is 7. The zero-order valence-corrected chi connectivity index (χ0v) is 25.6. The van der Waals surface area contributed by atoms with Gasteiger partial charge in [0.05, 0.1) is 0 Å². The Hall–Kier alpha value is -1.45. The first kappa shape index (κ1) is 31.5. The Morgan fingerprint density at radius 3 is 2.55 bits per heavy atom. The molecule has 40 heavy (non-hydrogen) atoms. The second kappa shape index (κ2) is 13.7. The molecule has 1 aliphatic carbocycles. The van der Waals surface area contributed by atoms with Crippen molar-refractivity contribution in [3.8, 4) is 0 Å². The van der Waals surface area contributed by atoms with E-state index in [1.165, 1.54) is 7.05 Å². The predicted octanol–water partition coefficient (Wildman–Crippen LogP) is -1.72. The average Bonchev–Trinajstić information content (AvgIpc) is 3.50. The van der Waals surface area contributed by atoms with E-state index in [2.05, 4.69) is 0 Å². The molecular formula is C26H40ClF2IN5O5-. The quantitative estimate of drug-likeness (QED) is 0.112. The summed E-state index contributed by atoms with van der Waals surface area (Å²) in [6.45, 7) is 1.09. The first-order valence-electron chi connectivity index (χ1n) is 13.9. The van der Waals surface area contributed by atoms with Crippen molar-refractivity contribution in [1.82, 2.24) is 14.8 Å². The molecule has 0 aromatic rings. The molecule has 0 aromatic heterocycles. The fourth-order valence-corrected chi connectivity index (χ4v) is 10.8. The summed E-state index contributed by atoms with van der Waals surface area (Å²) in [5.74, 6) is 2.89. The summed E-state index contributed by atoms with van der Waals surface area (Å²) in [7, 11) is 1.29. The topological polar surface area (TPSA) is 142 Å². The van der Waals surface area contributed by atoms with Gasteiger partial charge in [-0.2, -0.15) is 0 Å². The van der Waals surface area contributed by atoms with Crippen LogP contribution in [0.3, 0.4) is 0 Å². The molecule has 1 saturated carbocycles. The number of rotatable bonds is 9. The van der Waals surface area contributed by atoms with Crippen molar-refractivity contribution in [2.45, 2.75) is 62.5 Å². The number of hydrogen-bond donors (Lipinski definition) is 3. The number of ether oxygens (including phenoxy) is 1. The summed E-state index contributed by atoms with van der Waals surface area (Å²) < 4.78 is 35.1. The number of halogens is 4. The van der Waals surface area contributed by atoms with Gasteiger partial charge in [0.25, 0.3) is 0 Å². The number of carbonyl (C=O) groups is 3. The molecule has 0 aromatic carbocycles. The van der Waals surface area contributed by atoms with E-state index in [-0.39, 0.29) is 62.5 Å². The fourth-order valence-electron chi connectivity index (χ4n) is 6.91. The molecular weight excluding hydrogens is 663 g/mol. The molecule has 3 saturated heterocycles. The molecule has 10 nitrogen and oxygen atoms in total. The Kier molecular flexibility index (Phi) is 10.8. The standard InChI is InChI=1S/C26H40ClF2IN5O5/c1-33(32)23(24(28)29)18(31)13-40-20-11-30-10-17(27)16-7-9-35(25(37)14-4-2-5-15(14)26(38)39)19(22(16)20)12-34-8-3-6-21(34)36/h14-17,19-20,22,24H,2-13,31-32H2,1H3,(H,38,39)/q-1/b23-18-/t14-,15+,16?,17?,19-,20?,22?/m1/s1. The Bertz CT molecular complexity index is 981. The number of alkyl halides is 5. The van der Waals surface area contributed by atoms with Gasteiger partial charge < -0.3 is 0 Å². The average molecular weight is 703 g/mol. The van der Waals surface area contributed by atoms with Crippen molar-refractivity contribution in [2.75, 3.05) is 42.1 Å². The summed E-state index contributed by atoms with van der Waals surface area (Å²) in [4.78, 5) is 42.2. The SMILES string of the molecule is CN(N)/C(=C(\N)COC1C[I-]CC(Cl)C2CCN(C(=O)[C@@H]3CCC[C@@H]3C(=O)O)[C@H](CN3CCCC3=O)C12)C(F)F. The molecule has 2 amide bonds. The molecule has 14 heteroatoms. The van der Waals surface area contributed by atoms with Crippen LogP contribution in [0.4, 0.5) is 8.78 Å². The minimum absolute atomic E-state index is 0.00331. The third kappa shape index (κ3) is 6.78. The molecule has 0 bridgehead atoms. The van der Waals surface area contributed by atoms with Gasteiger partial charge in [-0.25, -0.2) is 0 Å². The summed E-state index contributed by atoms with van der Waals surface area (Å²) in [5.41, 5.74) is 5.36. The number of aliphatic carboxylic acids is 1. The zero-order chi connectivity index (χ0) is 29.1. The molecule has 3 heterocycles. The van der Waals surface area contributed by atoms with E-state index in [9.17, 15) is 28.3 Å². The van der Waals surface area contributed by atoms with Crippen molar-refractivity contribution in [2.24, 2.45) is 35.2 Å². The molecule has 228 valence electrons. The van der Waals surface area contributed by atoms with Crippen molar-refractivity contribution in [3.63, 3.8) is 0 Å². The molecule has 5 N–H and O–H groups in total. The van der Waals surface area contributed by atoms with Crippen LogP contribution in [-0.4, -0.2) is 104 Å². The van der Waals surface area contributed by atoms with Crippen LogP contribution < -0.4 is 32.8 Å². The molecule has 7 atom stereocenters. The monoisotopic (exact) mass is 702 g/mol. The molecule has 4 rings (SSSR count). The van der Waals surface area contributed by atoms with Crippen LogP contribution in [0.2, 0.25) is 0 Å². The van der Waals surface area contributed by atoms with Crippen LogP contribution >= 0.6 is 11.6 Å². The predicted molar refractivity (Wildman–Crippen MR) is 140 cm³/mol. The number of carboxylic acid groups (broad SMARTS) is 1. The zero-order valence-electron chi connectivity index (χ0n) is 22.7. The van der Waals surface area contributed by atoms with Crippen molar-refractivity contribution >= 4 is 29.4 Å². The summed E-state index contributed by atoms with van der Waals surface area (Å²) in [5, 5.41) is 10.4. The van der Waals surface area contributed by atoms with Gasteiger partial charge in [0.2, 0.25) is 0 Å². The Morgan fingerprint density at radius 1 is 1.20 bits per heavy atom. The van der Waals surface area contributed by atoms with Crippen molar-refractivity contribution in [1.29, 1.82) is 0 Å². The van der Waals surface area contributed by atoms with E-state index >= 15 is 0 Å². The van der Waals surface area contributed by atoms with E-state index in [1.807, 2.05) is 0 Å². The first-order valence-corrected chi connectivity index (χ1v) is 17.3. The van der Waals surface area contributed by atoms with Crippen LogP contribution in [-0.2, 0) is 19.1 Å². The number of nitrogens with zero attached hydrogens (tertiary/aromatic N) is 3. The van der Waals surface area contributed by atoms with Gasteiger partial charge >= 0.3 is 250 Å². The Morgan fingerprint density at radius 2 is 1.93 bits per heavy atom. The van der Waals surface area contributed by atoms with Crippen molar-refractivity contribution < 1.29 is 54.2 Å². The number of carbonyl (C=O) groups excluding carboxylic acids is 2. The number of amides is 2. The Labute approximate surface area is 248 Å². The number of fused-ring (bicyclic) bond motifs is 1. The van der Waals surface area contributed by atoms with Crippen LogP contribution in [0.15, 0.2) is 11.4 Å². The number of hydrazine groups is 1. The summed E-state index contributed by atoms with van der Waals surface area (Å²) >= 11 is 6.57. The minimum atomic E-state index is -2.87. The molecule has 4 aliphatic rings. The van der Waals surface area contributed by atoms with E-state index in [1.54, 1.807) is 9.80 Å². The van der Waals surface area contributed by atoms with E-state index < -0.39 is 42.1 Å². The van der Waals surface area contributed by atoms with Crippen LogP contribution in [0.5, 0.6) is 0 Å². The molecule has 4 fully saturated rings.